The molecule has 1 aromatic carbocycles. The van der Waals surface area contributed by atoms with Gasteiger partial charge < -0.3 is 5.32 Å². The predicted octanol–water partition coefficient (Wildman–Crippen LogP) is 2.01. The summed E-state index contributed by atoms with van der Waals surface area (Å²) < 4.78 is 1.73. The molecule has 0 fully saturated rings. The molecule has 2 rings (SSSR count). The van der Waals surface area contributed by atoms with Crippen LogP contribution in [0, 0.1) is 10.1 Å². The summed E-state index contributed by atoms with van der Waals surface area (Å²) in [5, 5.41) is 17.6. The largest absolute Gasteiger partial charge is 0.348 e. The van der Waals surface area contributed by atoms with Gasteiger partial charge in [0.15, 0.2) is 0 Å². The SMILES string of the molecule is C[C@@H](Cn1cccn1)NC(=O)/C=C\c1cccc([N+](=O)[O-])c1. The third-order valence-corrected chi connectivity index (χ3v) is 2.92. The number of carbonyl (C=O) groups excluding carboxylic acids is 1. The number of hydrogen-bond acceptors (Lipinski definition) is 4. The number of nitro benzene ring substituents is 1. The fourth-order valence-electron chi connectivity index (χ4n) is 1.94. The third-order valence-electron chi connectivity index (χ3n) is 2.92. The van der Waals surface area contributed by atoms with E-state index < -0.39 is 4.92 Å². The molecule has 1 amide bonds. The van der Waals surface area contributed by atoms with Crippen molar-refractivity contribution in [2.45, 2.75) is 19.5 Å². The Morgan fingerprint density at radius 2 is 2.32 bits per heavy atom. The van der Waals surface area contributed by atoms with Crippen molar-refractivity contribution in [2.24, 2.45) is 0 Å². The molecule has 0 aliphatic carbocycles. The lowest BCUT2D eigenvalue weighted by Crippen LogP contribution is -2.34. The number of aromatic nitrogens is 2. The second kappa shape index (κ2) is 7.16. The number of rotatable bonds is 6. The molecule has 7 heteroatoms. The van der Waals surface area contributed by atoms with E-state index in [0.717, 1.165) is 0 Å². The number of nitrogens with zero attached hydrogens (tertiary/aromatic N) is 3. The first-order valence-electron chi connectivity index (χ1n) is 6.75. The van der Waals surface area contributed by atoms with Crippen molar-refractivity contribution in [2.75, 3.05) is 0 Å². The van der Waals surface area contributed by atoms with Crippen LogP contribution in [-0.4, -0.2) is 26.7 Å². The lowest BCUT2D eigenvalue weighted by molar-refractivity contribution is -0.384. The lowest BCUT2D eigenvalue weighted by Gasteiger charge is -2.12. The van der Waals surface area contributed by atoms with Gasteiger partial charge in [0.05, 0.1) is 11.5 Å². The van der Waals surface area contributed by atoms with Crippen LogP contribution in [0.5, 0.6) is 0 Å². The first-order chi connectivity index (χ1) is 10.5. The first kappa shape index (κ1) is 15.4. The number of carbonyl (C=O) groups is 1. The minimum atomic E-state index is -0.469. The zero-order valence-electron chi connectivity index (χ0n) is 12.0. The van der Waals surface area contributed by atoms with Crippen molar-refractivity contribution >= 4 is 17.7 Å². The molecule has 1 atom stereocenters. The molecular weight excluding hydrogens is 284 g/mol. The molecule has 0 radical (unpaired) electrons. The Hall–Kier alpha value is -2.96. The van der Waals surface area contributed by atoms with E-state index in [2.05, 4.69) is 10.4 Å². The molecule has 1 aromatic heterocycles. The molecule has 0 spiro atoms. The number of nitro groups is 1. The summed E-state index contributed by atoms with van der Waals surface area (Å²) in [6.07, 6.45) is 6.40. The van der Waals surface area contributed by atoms with Crippen LogP contribution in [0.4, 0.5) is 5.69 Å². The molecule has 1 heterocycles. The maximum atomic E-state index is 11.8. The van der Waals surface area contributed by atoms with Gasteiger partial charge in [-0.05, 0) is 24.6 Å². The molecule has 114 valence electrons. The molecular formula is C15H16N4O3. The average Bonchev–Trinajstić information content (AvgIpc) is 2.98. The Balaban J connectivity index is 1.90. The van der Waals surface area contributed by atoms with Crippen molar-refractivity contribution in [3.8, 4) is 0 Å². The van der Waals surface area contributed by atoms with Crippen molar-refractivity contribution in [3.05, 3.63) is 64.5 Å². The Morgan fingerprint density at radius 1 is 1.50 bits per heavy atom. The van der Waals surface area contributed by atoms with Gasteiger partial charge in [-0.1, -0.05) is 12.1 Å². The van der Waals surface area contributed by atoms with Gasteiger partial charge in [-0.2, -0.15) is 5.10 Å². The molecule has 0 bridgehead atoms. The van der Waals surface area contributed by atoms with E-state index in [9.17, 15) is 14.9 Å². The number of nitrogens with one attached hydrogen (secondary N) is 1. The zero-order valence-corrected chi connectivity index (χ0v) is 12.0. The van der Waals surface area contributed by atoms with E-state index in [1.54, 1.807) is 29.1 Å². The quantitative estimate of drug-likeness (QED) is 0.502. The monoisotopic (exact) mass is 300 g/mol. The number of non-ortho nitro benzene ring substituents is 1. The van der Waals surface area contributed by atoms with E-state index in [1.807, 2.05) is 19.2 Å². The maximum Gasteiger partial charge on any atom is 0.270 e. The van der Waals surface area contributed by atoms with Gasteiger partial charge in [0.25, 0.3) is 5.69 Å². The van der Waals surface area contributed by atoms with Gasteiger partial charge in [0.1, 0.15) is 0 Å². The predicted molar refractivity (Wildman–Crippen MR) is 82.0 cm³/mol. The lowest BCUT2D eigenvalue weighted by atomic mass is 10.2. The molecule has 2 aromatic rings. The number of amides is 1. The van der Waals surface area contributed by atoms with E-state index in [-0.39, 0.29) is 17.6 Å². The van der Waals surface area contributed by atoms with Crippen molar-refractivity contribution in [1.29, 1.82) is 0 Å². The van der Waals surface area contributed by atoms with Crippen LogP contribution in [0.1, 0.15) is 12.5 Å². The van der Waals surface area contributed by atoms with E-state index in [1.165, 1.54) is 18.2 Å². The third kappa shape index (κ3) is 4.55. The zero-order chi connectivity index (χ0) is 15.9. The summed E-state index contributed by atoms with van der Waals surface area (Å²) in [5.74, 6) is -0.258. The summed E-state index contributed by atoms with van der Waals surface area (Å²) in [6.45, 7) is 2.45. The highest BCUT2D eigenvalue weighted by Crippen LogP contribution is 2.13. The fraction of sp³-hybridized carbons (Fsp3) is 0.200. The highest BCUT2D eigenvalue weighted by atomic mass is 16.6. The summed E-state index contributed by atoms with van der Waals surface area (Å²) in [5.41, 5.74) is 0.596. The van der Waals surface area contributed by atoms with Crippen LogP contribution in [0.15, 0.2) is 48.8 Å². The number of benzene rings is 1. The summed E-state index contributed by atoms with van der Waals surface area (Å²) >= 11 is 0. The van der Waals surface area contributed by atoms with Gasteiger partial charge in [-0.3, -0.25) is 19.6 Å². The standard InChI is InChI=1S/C15H16N4O3/c1-12(11-18-9-3-8-16-18)17-15(20)7-6-13-4-2-5-14(10-13)19(21)22/h2-10,12H,11H2,1H3,(H,17,20)/b7-6-/t12-/m0/s1. The Bertz CT molecular complexity index is 680. The number of hydrogen-bond donors (Lipinski definition) is 1. The summed E-state index contributed by atoms with van der Waals surface area (Å²) in [7, 11) is 0. The molecule has 7 nitrogen and oxygen atoms in total. The van der Waals surface area contributed by atoms with Gasteiger partial charge in [-0.15, -0.1) is 0 Å². The van der Waals surface area contributed by atoms with Crippen LogP contribution in [0.3, 0.4) is 0 Å². The van der Waals surface area contributed by atoms with Crippen molar-refractivity contribution in [1.82, 2.24) is 15.1 Å². The molecule has 1 N–H and O–H groups in total. The molecule has 22 heavy (non-hydrogen) atoms. The normalized spacial score (nSPS) is 12.2. The molecule has 0 saturated heterocycles. The smallest absolute Gasteiger partial charge is 0.270 e. The van der Waals surface area contributed by atoms with Crippen LogP contribution >= 0.6 is 0 Å². The minimum Gasteiger partial charge on any atom is -0.348 e. The highest BCUT2D eigenvalue weighted by Gasteiger charge is 2.06. The first-order valence-corrected chi connectivity index (χ1v) is 6.75. The highest BCUT2D eigenvalue weighted by molar-refractivity contribution is 5.91. The summed E-state index contributed by atoms with van der Waals surface area (Å²) in [4.78, 5) is 22.0. The average molecular weight is 300 g/mol. The molecule has 0 aliphatic rings. The van der Waals surface area contributed by atoms with Gasteiger partial charge in [0.2, 0.25) is 5.91 Å². The van der Waals surface area contributed by atoms with Gasteiger partial charge in [0, 0.05) is 36.6 Å². The van der Waals surface area contributed by atoms with Crippen molar-refractivity contribution in [3.63, 3.8) is 0 Å². The van der Waals surface area contributed by atoms with E-state index in [0.29, 0.717) is 12.1 Å². The second-order valence-corrected chi connectivity index (χ2v) is 4.82. The Kier molecular flexibility index (Phi) is 5.02. The molecule has 0 unspecified atom stereocenters. The van der Waals surface area contributed by atoms with E-state index in [4.69, 9.17) is 0 Å². The minimum absolute atomic E-state index is 0.00499. The van der Waals surface area contributed by atoms with E-state index >= 15 is 0 Å². The summed E-state index contributed by atoms with van der Waals surface area (Å²) in [6, 6.07) is 7.83. The van der Waals surface area contributed by atoms with Gasteiger partial charge >= 0.3 is 0 Å². The topological polar surface area (TPSA) is 90.1 Å². The fourth-order valence-corrected chi connectivity index (χ4v) is 1.94. The van der Waals surface area contributed by atoms with Crippen molar-refractivity contribution < 1.29 is 9.72 Å². The molecule has 0 aliphatic heterocycles. The second-order valence-electron chi connectivity index (χ2n) is 4.82. The van der Waals surface area contributed by atoms with Gasteiger partial charge in [-0.25, -0.2) is 0 Å². The Morgan fingerprint density at radius 3 is 3.00 bits per heavy atom. The van der Waals surface area contributed by atoms with Crippen LogP contribution < -0.4 is 5.32 Å². The van der Waals surface area contributed by atoms with Crippen LogP contribution in [-0.2, 0) is 11.3 Å². The molecule has 0 saturated carbocycles. The van der Waals surface area contributed by atoms with Crippen LogP contribution in [0.25, 0.3) is 6.08 Å². The Labute approximate surface area is 127 Å². The maximum absolute atomic E-state index is 11.8. The van der Waals surface area contributed by atoms with Crippen LogP contribution in [0.2, 0.25) is 0 Å².